The molecule has 0 heteroatoms. The fourth-order valence-electron chi connectivity index (χ4n) is 1.12. The van der Waals surface area contributed by atoms with Crippen molar-refractivity contribution in [3.05, 3.63) is 24.3 Å². The van der Waals surface area contributed by atoms with E-state index in [2.05, 4.69) is 33.9 Å². The normalized spacial score (nSPS) is 14.1. The molecule has 1 aliphatic carbocycles. The van der Waals surface area contributed by atoms with Crippen molar-refractivity contribution in [2.45, 2.75) is 74.1 Å². The van der Waals surface area contributed by atoms with Crippen molar-refractivity contribution < 1.29 is 0 Å². The summed E-state index contributed by atoms with van der Waals surface area (Å²) in [7, 11) is 0. The molecule has 0 aromatic heterocycles. The topological polar surface area (TPSA) is 0 Å². The smallest absolute Gasteiger partial charge is 0.0114 e. The van der Waals surface area contributed by atoms with Gasteiger partial charge in [0.2, 0.25) is 0 Å². The third-order valence-electron chi connectivity index (χ3n) is 2.38. The standard InChI is InChI=1S/C8H12.C5H12.C2H6.CH4/c1-7-4-3-5-8(2)6-7;1-4-5(2)3;1-2;/h1-6H2;5H,4H2,1-3H3;1-2H3;1H4. The average molecular weight is 226 g/mol. The molecule has 0 aromatic rings. The molecule has 0 amide bonds. The van der Waals surface area contributed by atoms with Gasteiger partial charge in [0.15, 0.2) is 0 Å². The Morgan fingerprint density at radius 1 is 1.06 bits per heavy atom. The van der Waals surface area contributed by atoms with Crippen molar-refractivity contribution in [2.24, 2.45) is 5.92 Å². The zero-order valence-electron chi connectivity index (χ0n) is 11.5. The summed E-state index contributed by atoms with van der Waals surface area (Å²) in [6.45, 7) is 18.5. The molecule has 0 aromatic carbocycles. The van der Waals surface area contributed by atoms with Crippen LogP contribution in [0.25, 0.3) is 0 Å². The Kier molecular flexibility index (Phi) is 18.9. The lowest BCUT2D eigenvalue weighted by molar-refractivity contribution is 0.626. The van der Waals surface area contributed by atoms with Crippen molar-refractivity contribution in [3.8, 4) is 0 Å². The van der Waals surface area contributed by atoms with Crippen molar-refractivity contribution in [2.75, 3.05) is 0 Å². The lowest BCUT2D eigenvalue weighted by atomic mass is 9.93. The fourth-order valence-corrected chi connectivity index (χ4v) is 1.12. The Morgan fingerprint density at radius 2 is 1.38 bits per heavy atom. The maximum Gasteiger partial charge on any atom is -0.0114 e. The predicted molar refractivity (Wildman–Crippen MR) is 80.0 cm³/mol. The second-order valence-electron chi connectivity index (χ2n) is 4.33. The lowest BCUT2D eigenvalue weighted by Gasteiger charge is -2.13. The summed E-state index contributed by atoms with van der Waals surface area (Å²) >= 11 is 0. The molecule has 1 rings (SSSR count). The molecular weight excluding hydrogens is 192 g/mol. The summed E-state index contributed by atoms with van der Waals surface area (Å²) in [5.41, 5.74) is 2.72. The van der Waals surface area contributed by atoms with Crippen LogP contribution < -0.4 is 0 Å². The van der Waals surface area contributed by atoms with E-state index in [0.29, 0.717) is 0 Å². The zero-order chi connectivity index (χ0) is 12.3. The number of hydrogen-bond acceptors (Lipinski definition) is 0. The van der Waals surface area contributed by atoms with Crippen LogP contribution >= 0.6 is 0 Å². The Bertz CT molecular complexity index is 149. The summed E-state index contributed by atoms with van der Waals surface area (Å²) in [4.78, 5) is 0. The van der Waals surface area contributed by atoms with Gasteiger partial charge in [-0.1, -0.05) is 72.8 Å². The summed E-state index contributed by atoms with van der Waals surface area (Å²) in [6, 6.07) is 0. The third kappa shape index (κ3) is 15.9. The van der Waals surface area contributed by atoms with Crippen LogP contribution in [0.15, 0.2) is 24.3 Å². The molecule has 0 spiro atoms. The van der Waals surface area contributed by atoms with Gasteiger partial charge in [-0.05, 0) is 31.6 Å². The highest BCUT2D eigenvalue weighted by Crippen LogP contribution is 2.24. The van der Waals surface area contributed by atoms with Gasteiger partial charge in [0.1, 0.15) is 0 Å². The predicted octanol–water partition coefficient (Wildman–Crippen LogP) is 6.39. The highest BCUT2D eigenvalue weighted by Gasteiger charge is 2.04. The van der Waals surface area contributed by atoms with Gasteiger partial charge in [-0.2, -0.15) is 0 Å². The van der Waals surface area contributed by atoms with Crippen LogP contribution in [0.5, 0.6) is 0 Å². The van der Waals surface area contributed by atoms with Gasteiger partial charge in [-0.15, -0.1) is 0 Å². The first kappa shape index (κ1) is 20.8. The van der Waals surface area contributed by atoms with Gasteiger partial charge in [-0.3, -0.25) is 0 Å². The largest absolute Gasteiger partial charge is 0.0995 e. The van der Waals surface area contributed by atoms with E-state index in [1.165, 1.54) is 36.8 Å². The van der Waals surface area contributed by atoms with Gasteiger partial charge < -0.3 is 0 Å². The summed E-state index contributed by atoms with van der Waals surface area (Å²) in [5, 5.41) is 0. The first-order valence-corrected chi connectivity index (χ1v) is 6.39. The molecule has 0 nitrogen and oxygen atoms in total. The van der Waals surface area contributed by atoms with Crippen molar-refractivity contribution in [1.82, 2.24) is 0 Å². The highest BCUT2D eigenvalue weighted by molar-refractivity contribution is 5.13. The van der Waals surface area contributed by atoms with Crippen LogP contribution in [0.4, 0.5) is 0 Å². The van der Waals surface area contributed by atoms with E-state index in [9.17, 15) is 0 Å². The summed E-state index contributed by atoms with van der Waals surface area (Å²) in [6.07, 6.45) is 6.11. The van der Waals surface area contributed by atoms with Gasteiger partial charge in [-0.25, -0.2) is 0 Å². The van der Waals surface area contributed by atoms with Gasteiger partial charge in [0, 0.05) is 0 Å². The number of allylic oxidation sites excluding steroid dienone is 2. The molecule has 0 aliphatic heterocycles. The van der Waals surface area contributed by atoms with Gasteiger partial charge in [0.05, 0.1) is 0 Å². The quantitative estimate of drug-likeness (QED) is 0.455. The Hall–Kier alpha value is -0.520. The lowest BCUT2D eigenvalue weighted by Crippen LogP contribution is -1.94. The van der Waals surface area contributed by atoms with E-state index in [4.69, 9.17) is 0 Å². The molecule has 1 aliphatic rings. The minimum Gasteiger partial charge on any atom is -0.0995 e. The average Bonchev–Trinajstić information content (AvgIpc) is 2.21. The highest BCUT2D eigenvalue weighted by atomic mass is 14.1. The molecular formula is C16H34. The van der Waals surface area contributed by atoms with Crippen LogP contribution in [-0.2, 0) is 0 Å². The molecule has 0 atom stereocenters. The van der Waals surface area contributed by atoms with Crippen LogP contribution in [-0.4, -0.2) is 0 Å². The Labute approximate surface area is 105 Å². The molecule has 0 saturated heterocycles. The van der Waals surface area contributed by atoms with E-state index in [0.717, 1.165) is 12.3 Å². The second-order valence-corrected chi connectivity index (χ2v) is 4.33. The summed E-state index contributed by atoms with van der Waals surface area (Å²) in [5.74, 6) is 0.884. The van der Waals surface area contributed by atoms with Crippen LogP contribution in [0, 0.1) is 5.92 Å². The van der Waals surface area contributed by atoms with Crippen molar-refractivity contribution >= 4 is 0 Å². The first-order valence-electron chi connectivity index (χ1n) is 6.39. The zero-order valence-corrected chi connectivity index (χ0v) is 11.5. The molecule has 0 bridgehead atoms. The van der Waals surface area contributed by atoms with E-state index in [-0.39, 0.29) is 7.43 Å². The second kappa shape index (κ2) is 14.5. The Balaban J connectivity index is -0.000000187. The molecule has 0 radical (unpaired) electrons. The van der Waals surface area contributed by atoms with Gasteiger partial charge >= 0.3 is 0 Å². The first-order chi connectivity index (χ1) is 7.06. The van der Waals surface area contributed by atoms with Crippen molar-refractivity contribution in [3.63, 3.8) is 0 Å². The van der Waals surface area contributed by atoms with Crippen molar-refractivity contribution in [1.29, 1.82) is 0 Å². The monoisotopic (exact) mass is 226 g/mol. The maximum absolute atomic E-state index is 3.90. The van der Waals surface area contributed by atoms with E-state index in [1.54, 1.807) is 0 Å². The fraction of sp³-hybridized carbons (Fsp3) is 0.750. The molecule has 16 heavy (non-hydrogen) atoms. The molecule has 0 N–H and O–H groups in total. The Morgan fingerprint density at radius 3 is 1.50 bits per heavy atom. The molecule has 1 fully saturated rings. The van der Waals surface area contributed by atoms with Crippen LogP contribution in [0.3, 0.4) is 0 Å². The van der Waals surface area contributed by atoms with Crippen LogP contribution in [0.2, 0.25) is 0 Å². The minimum atomic E-state index is 0. The SMILES string of the molecule is C.C=C1CCCC(=C)C1.CC.CCC(C)C. The number of hydrogen-bond donors (Lipinski definition) is 0. The molecule has 98 valence electrons. The third-order valence-corrected chi connectivity index (χ3v) is 2.38. The summed E-state index contributed by atoms with van der Waals surface area (Å²) < 4.78 is 0. The molecule has 0 heterocycles. The van der Waals surface area contributed by atoms with E-state index in [1.807, 2.05) is 13.8 Å². The van der Waals surface area contributed by atoms with E-state index < -0.39 is 0 Å². The minimum absolute atomic E-state index is 0. The molecule has 1 saturated carbocycles. The number of rotatable bonds is 1. The molecule has 0 unspecified atom stereocenters. The van der Waals surface area contributed by atoms with Gasteiger partial charge in [0.25, 0.3) is 0 Å². The van der Waals surface area contributed by atoms with E-state index >= 15 is 0 Å². The van der Waals surface area contributed by atoms with Crippen LogP contribution in [0.1, 0.15) is 74.1 Å². The maximum atomic E-state index is 3.90.